The molecule has 0 heterocycles. The fourth-order valence-electron chi connectivity index (χ4n) is 2.33. The lowest BCUT2D eigenvalue weighted by molar-refractivity contribution is 0.0742. The molecule has 2 rings (SSSR count). The summed E-state index contributed by atoms with van der Waals surface area (Å²) in [5.41, 5.74) is 2.65. The predicted molar refractivity (Wildman–Crippen MR) is 89.1 cm³/mol. The van der Waals surface area contributed by atoms with Gasteiger partial charge in [0, 0.05) is 24.7 Å². The minimum absolute atomic E-state index is 0.0228. The molecule has 116 valence electrons. The minimum atomic E-state index is -0.0581. The summed E-state index contributed by atoms with van der Waals surface area (Å²) in [6.07, 6.45) is 0. The first-order valence-corrected chi connectivity index (χ1v) is 7.51. The second kappa shape index (κ2) is 7.43. The van der Waals surface area contributed by atoms with E-state index in [1.165, 1.54) is 0 Å². The quantitative estimate of drug-likeness (QED) is 0.822. The van der Waals surface area contributed by atoms with Crippen molar-refractivity contribution in [3.63, 3.8) is 0 Å². The zero-order chi connectivity index (χ0) is 16.1. The number of benzene rings is 2. The third-order valence-electron chi connectivity index (χ3n) is 3.72. The molecule has 1 amide bonds. The minimum Gasteiger partial charge on any atom is -0.380 e. The maximum atomic E-state index is 12.7. The van der Waals surface area contributed by atoms with Gasteiger partial charge < -0.3 is 9.64 Å². The summed E-state index contributed by atoms with van der Waals surface area (Å²) in [6.45, 7) is 2.48. The molecule has 1 unspecified atom stereocenters. The first kappa shape index (κ1) is 16.5. The highest BCUT2D eigenvalue weighted by Crippen LogP contribution is 2.23. The van der Waals surface area contributed by atoms with Gasteiger partial charge in [0.2, 0.25) is 0 Å². The van der Waals surface area contributed by atoms with Crippen LogP contribution in [-0.4, -0.2) is 25.0 Å². The fourth-order valence-corrected chi connectivity index (χ4v) is 2.53. The number of hydrogen-bond acceptors (Lipinski definition) is 2. The normalized spacial score (nSPS) is 12.0. The third kappa shape index (κ3) is 3.87. The largest absolute Gasteiger partial charge is 0.380 e. The van der Waals surface area contributed by atoms with Crippen LogP contribution in [0.5, 0.6) is 0 Å². The zero-order valence-electron chi connectivity index (χ0n) is 13.0. The van der Waals surface area contributed by atoms with Crippen LogP contribution < -0.4 is 0 Å². The molecule has 0 radical (unpaired) electrons. The lowest BCUT2D eigenvalue weighted by Gasteiger charge is -2.25. The molecule has 2 aromatic carbocycles. The van der Waals surface area contributed by atoms with Crippen molar-refractivity contribution in [3.05, 3.63) is 70.2 Å². The molecule has 22 heavy (non-hydrogen) atoms. The molecule has 0 N–H and O–H groups in total. The van der Waals surface area contributed by atoms with Gasteiger partial charge in [0.15, 0.2) is 0 Å². The predicted octanol–water partition coefficient (Wildman–Crippen LogP) is 4.32. The standard InChI is InChI=1S/C18H20ClNO2/c1-13(15-7-5-9-17(19)11-15)20(2)18(21)16-8-4-6-14(10-16)12-22-3/h4-11,13H,12H2,1-3H3. The second-order valence-electron chi connectivity index (χ2n) is 5.28. The van der Waals surface area contributed by atoms with Crippen molar-refractivity contribution in [2.45, 2.75) is 19.6 Å². The van der Waals surface area contributed by atoms with E-state index in [0.29, 0.717) is 17.2 Å². The SMILES string of the molecule is COCc1cccc(C(=O)N(C)C(C)c2cccc(Cl)c2)c1. The van der Waals surface area contributed by atoms with Crippen LogP contribution in [0.25, 0.3) is 0 Å². The Bertz CT molecular complexity index is 657. The molecule has 3 nitrogen and oxygen atoms in total. The first-order chi connectivity index (χ1) is 10.5. The van der Waals surface area contributed by atoms with Gasteiger partial charge in [0.1, 0.15) is 0 Å². The number of ether oxygens (including phenoxy) is 1. The van der Waals surface area contributed by atoms with Crippen molar-refractivity contribution in [1.82, 2.24) is 4.90 Å². The molecular formula is C18H20ClNO2. The Labute approximate surface area is 136 Å². The van der Waals surface area contributed by atoms with Crippen molar-refractivity contribution in [3.8, 4) is 0 Å². The summed E-state index contributed by atoms with van der Waals surface area (Å²) < 4.78 is 5.11. The van der Waals surface area contributed by atoms with Gasteiger partial charge in [0.05, 0.1) is 12.6 Å². The van der Waals surface area contributed by atoms with Crippen LogP contribution in [0.15, 0.2) is 48.5 Å². The van der Waals surface area contributed by atoms with Gasteiger partial charge in [0.25, 0.3) is 5.91 Å². The van der Waals surface area contributed by atoms with Gasteiger partial charge in [-0.15, -0.1) is 0 Å². The highest BCUT2D eigenvalue weighted by atomic mass is 35.5. The highest BCUT2D eigenvalue weighted by molar-refractivity contribution is 6.30. The molecule has 0 aliphatic heterocycles. The van der Waals surface area contributed by atoms with Crippen LogP contribution in [-0.2, 0) is 11.3 Å². The van der Waals surface area contributed by atoms with E-state index in [2.05, 4.69) is 0 Å². The zero-order valence-corrected chi connectivity index (χ0v) is 13.8. The van der Waals surface area contributed by atoms with E-state index >= 15 is 0 Å². The Morgan fingerprint density at radius 3 is 2.64 bits per heavy atom. The van der Waals surface area contributed by atoms with E-state index in [0.717, 1.165) is 11.1 Å². The number of methoxy groups -OCH3 is 1. The van der Waals surface area contributed by atoms with E-state index < -0.39 is 0 Å². The molecule has 0 spiro atoms. The van der Waals surface area contributed by atoms with E-state index in [1.54, 1.807) is 19.1 Å². The summed E-state index contributed by atoms with van der Waals surface area (Å²) in [4.78, 5) is 14.4. The van der Waals surface area contributed by atoms with E-state index in [4.69, 9.17) is 16.3 Å². The lowest BCUT2D eigenvalue weighted by atomic mass is 10.1. The van der Waals surface area contributed by atoms with Crippen molar-refractivity contribution < 1.29 is 9.53 Å². The average Bonchev–Trinajstić information content (AvgIpc) is 2.53. The molecule has 0 aliphatic rings. The van der Waals surface area contributed by atoms with E-state index in [9.17, 15) is 4.79 Å². The van der Waals surface area contributed by atoms with Gasteiger partial charge in [-0.1, -0.05) is 35.9 Å². The van der Waals surface area contributed by atoms with Crippen molar-refractivity contribution >= 4 is 17.5 Å². The van der Waals surface area contributed by atoms with Gasteiger partial charge >= 0.3 is 0 Å². The molecular weight excluding hydrogens is 298 g/mol. The summed E-state index contributed by atoms with van der Waals surface area (Å²) in [6, 6.07) is 15.0. The van der Waals surface area contributed by atoms with E-state index in [-0.39, 0.29) is 11.9 Å². The van der Waals surface area contributed by atoms with Gasteiger partial charge in [-0.3, -0.25) is 4.79 Å². The molecule has 2 aromatic rings. The summed E-state index contributed by atoms with van der Waals surface area (Å²) in [5.74, 6) is -0.0228. The fraction of sp³-hybridized carbons (Fsp3) is 0.278. The van der Waals surface area contributed by atoms with E-state index in [1.807, 2.05) is 55.5 Å². The molecule has 0 saturated carbocycles. The van der Waals surface area contributed by atoms with Gasteiger partial charge in [-0.05, 0) is 42.3 Å². The molecule has 4 heteroatoms. The Morgan fingerprint density at radius 2 is 1.95 bits per heavy atom. The Hall–Kier alpha value is -1.84. The highest BCUT2D eigenvalue weighted by Gasteiger charge is 2.19. The molecule has 0 bridgehead atoms. The number of halogens is 1. The number of carbonyl (C=O) groups excluding carboxylic acids is 1. The van der Waals surface area contributed by atoms with Gasteiger partial charge in [-0.25, -0.2) is 0 Å². The number of amides is 1. The number of carbonyl (C=O) groups is 1. The maximum Gasteiger partial charge on any atom is 0.254 e. The second-order valence-corrected chi connectivity index (χ2v) is 5.72. The van der Waals surface area contributed by atoms with Crippen LogP contribution in [0.3, 0.4) is 0 Å². The van der Waals surface area contributed by atoms with Crippen LogP contribution in [0.2, 0.25) is 5.02 Å². The smallest absolute Gasteiger partial charge is 0.254 e. The first-order valence-electron chi connectivity index (χ1n) is 7.13. The topological polar surface area (TPSA) is 29.5 Å². The summed E-state index contributed by atoms with van der Waals surface area (Å²) in [7, 11) is 3.44. The van der Waals surface area contributed by atoms with Crippen LogP contribution in [0, 0.1) is 0 Å². The molecule has 0 saturated heterocycles. The van der Waals surface area contributed by atoms with Crippen molar-refractivity contribution in [1.29, 1.82) is 0 Å². The van der Waals surface area contributed by atoms with Crippen LogP contribution >= 0.6 is 11.6 Å². The average molecular weight is 318 g/mol. The molecule has 0 fully saturated rings. The van der Waals surface area contributed by atoms with Crippen molar-refractivity contribution in [2.24, 2.45) is 0 Å². The number of hydrogen-bond donors (Lipinski definition) is 0. The Balaban J connectivity index is 2.19. The van der Waals surface area contributed by atoms with Crippen LogP contribution in [0.4, 0.5) is 0 Å². The van der Waals surface area contributed by atoms with Crippen molar-refractivity contribution in [2.75, 3.05) is 14.2 Å². The maximum absolute atomic E-state index is 12.7. The third-order valence-corrected chi connectivity index (χ3v) is 3.95. The molecule has 0 aliphatic carbocycles. The number of nitrogens with zero attached hydrogens (tertiary/aromatic N) is 1. The lowest BCUT2D eigenvalue weighted by Crippen LogP contribution is -2.29. The molecule has 1 atom stereocenters. The monoisotopic (exact) mass is 317 g/mol. The molecule has 0 aromatic heterocycles. The summed E-state index contributed by atoms with van der Waals surface area (Å²) in [5, 5.41) is 0.673. The van der Waals surface area contributed by atoms with Gasteiger partial charge in [-0.2, -0.15) is 0 Å². The number of rotatable bonds is 5. The Morgan fingerprint density at radius 1 is 1.23 bits per heavy atom. The van der Waals surface area contributed by atoms with Crippen LogP contribution in [0.1, 0.15) is 34.5 Å². The Kier molecular flexibility index (Phi) is 5.58. The summed E-state index contributed by atoms with van der Waals surface area (Å²) >= 11 is 6.03.